The Labute approximate surface area is 80.1 Å². The van der Waals surface area contributed by atoms with Crippen molar-refractivity contribution in [3.8, 4) is 0 Å². The molecule has 2 atom stereocenters. The summed E-state index contributed by atoms with van der Waals surface area (Å²) < 4.78 is 0. The van der Waals surface area contributed by atoms with Crippen LogP contribution in [0, 0.1) is 0 Å². The molecule has 0 saturated carbocycles. The van der Waals surface area contributed by atoms with Crippen molar-refractivity contribution < 1.29 is 5.11 Å². The Morgan fingerprint density at radius 1 is 1.31 bits per heavy atom. The lowest BCUT2D eigenvalue weighted by Crippen LogP contribution is -2.43. The molecular formula is C10H20N2O. The SMILES string of the molecule is O[C@H]1CCN(C[C@@H]2CCCCN2)C1. The molecule has 0 amide bonds. The summed E-state index contributed by atoms with van der Waals surface area (Å²) in [5, 5.41) is 12.9. The largest absolute Gasteiger partial charge is 0.392 e. The maximum Gasteiger partial charge on any atom is 0.0679 e. The predicted molar refractivity (Wildman–Crippen MR) is 52.7 cm³/mol. The first-order chi connectivity index (χ1) is 6.34. The third kappa shape index (κ3) is 2.66. The van der Waals surface area contributed by atoms with Gasteiger partial charge in [-0.1, -0.05) is 6.42 Å². The molecule has 2 rings (SSSR count). The summed E-state index contributed by atoms with van der Waals surface area (Å²) in [7, 11) is 0. The molecule has 2 fully saturated rings. The number of hydrogen-bond donors (Lipinski definition) is 2. The van der Waals surface area contributed by atoms with E-state index < -0.39 is 0 Å². The van der Waals surface area contributed by atoms with E-state index in [-0.39, 0.29) is 6.10 Å². The Balaban J connectivity index is 1.71. The number of piperidine rings is 1. The average molecular weight is 184 g/mol. The number of rotatable bonds is 2. The van der Waals surface area contributed by atoms with E-state index in [1.54, 1.807) is 0 Å². The molecule has 2 saturated heterocycles. The van der Waals surface area contributed by atoms with Gasteiger partial charge in [0.15, 0.2) is 0 Å². The predicted octanol–water partition coefficient (Wildman–Crippen LogP) is 0.195. The summed E-state index contributed by atoms with van der Waals surface area (Å²) in [5.74, 6) is 0. The Bertz CT molecular complexity index is 154. The van der Waals surface area contributed by atoms with Crippen LogP contribution in [0.1, 0.15) is 25.7 Å². The van der Waals surface area contributed by atoms with Gasteiger partial charge in [-0.05, 0) is 25.8 Å². The number of aliphatic hydroxyl groups excluding tert-OH is 1. The summed E-state index contributed by atoms with van der Waals surface area (Å²) in [6.07, 6.45) is 4.91. The number of nitrogens with zero attached hydrogens (tertiary/aromatic N) is 1. The van der Waals surface area contributed by atoms with Gasteiger partial charge in [-0.25, -0.2) is 0 Å². The molecule has 13 heavy (non-hydrogen) atoms. The molecule has 3 heteroatoms. The van der Waals surface area contributed by atoms with Crippen molar-refractivity contribution in [3.05, 3.63) is 0 Å². The zero-order valence-electron chi connectivity index (χ0n) is 8.21. The highest BCUT2D eigenvalue weighted by molar-refractivity contribution is 4.81. The van der Waals surface area contributed by atoms with Crippen molar-refractivity contribution in [1.29, 1.82) is 0 Å². The lowest BCUT2D eigenvalue weighted by molar-refractivity contribution is 0.169. The molecular weight excluding hydrogens is 164 g/mol. The van der Waals surface area contributed by atoms with Crippen molar-refractivity contribution in [2.75, 3.05) is 26.2 Å². The van der Waals surface area contributed by atoms with Gasteiger partial charge in [0, 0.05) is 25.7 Å². The normalized spacial score (nSPS) is 36.7. The highest BCUT2D eigenvalue weighted by Crippen LogP contribution is 2.13. The van der Waals surface area contributed by atoms with E-state index in [2.05, 4.69) is 10.2 Å². The standard InChI is InChI=1S/C10H20N2O/c13-10-4-6-12(8-10)7-9-3-1-2-5-11-9/h9-11,13H,1-8H2/t9-,10-/m0/s1. The smallest absolute Gasteiger partial charge is 0.0679 e. The van der Waals surface area contributed by atoms with Crippen molar-refractivity contribution in [2.45, 2.75) is 37.8 Å². The molecule has 0 radical (unpaired) electrons. The van der Waals surface area contributed by atoms with Crippen LogP contribution in [0.3, 0.4) is 0 Å². The quantitative estimate of drug-likeness (QED) is 0.643. The number of nitrogens with one attached hydrogen (secondary N) is 1. The van der Waals surface area contributed by atoms with E-state index in [1.807, 2.05) is 0 Å². The molecule has 3 nitrogen and oxygen atoms in total. The van der Waals surface area contributed by atoms with E-state index >= 15 is 0 Å². The van der Waals surface area contributed by atoms with Gasteiger partial charge in [0.2, 0.25) is 0 Å². The maximum absolute atomic E-state index is 9.37. The minimum atomic E-state index is -0.0661. The highest BCUT2D eigenvalue weighted by atomic mass is 16.3. The van der Waals surface area contributed by atoms with Crippen LogP contribution < -0.4 is 5.32 Å². The fourth-order valence-electron chi connectivity index (χ4n) is 2.37. The van der Waals surface area contributed by atoms with E-state index in [4.69, 9.17) is 0 Å². The topological polar surface area (TPSA) is 35.5 Å². The van der Waals surface area contributed by atoms with Crippen molar-refractivity contribution in [3.63, 3.8) is 0 Å². The van der Waals surface area contributed by atoms with E-state index in [0.717, 1.165) is 26.1 Å². The Morgan fingerprint density at radius 2 is 2.23 bits per heavy atom. The van der Waals surface area contributed by atoms with E-state index in [9.17, 15) is 5.11 Å². The summed E-state index contributed by atoms with van der Waals surface area (Å²) >= 11 is 0. The zero-order chi connectivity index (χ0) is 9.10. The molecule has 0 aliphatic carbocycles. The lowest BCUT2D eigenvalue weighted by Gasteiger charge is -2.27. The van der Waals surface area contributed by atoms with Crippen LogP contribution in [0.4, 0.5) is 0 Å². The van der Waals surface area contributed by atoms with Crippen LogP contribution in [0.15, 0.2) is 0 Å². The molecule has 0 aromatic carbocycles. The van der Waals surface area contributed by atoms with Crippen molar-refractivity contribution in [1.82, 2.24) is 10.2 Å². The highest BCUT2D eigenvalue weighted by Gasteiger charge is 2.23. The van der Waals surface area contributed by atoms with Gasteiger partial charge in [-0.15, -0.1) is 0 Å². The first kappa shape index (κ1) is 9.44. The minimum absolute atomic E-state index is 0.0661. The van der Waals surface area contributed by atoms with Gasteiger partial charge < -0.3 is 10.4 Å². The number of β-amino-alcohol motifs (C(OH)–C–C–N with tert-alkyl or cyclic N) is 1. The Hall–Kier alpha value is -0.120. The van der Waals surface area contributed by atoms with Crippen LogP contribution >= 0.6 is 0 Å². The summed E-state index contributed by atoms with van der Waals surface area (Å²) in [6.45, 7) is 4.29. The fourth-order valence-corrected chi connectivity index (χ4v) is 2.37. The van der Waals surface area contributed by atoms with Gasteiger partial charge in [0.25, 0.3) is 0 Å². The maximum atomic E-state index is 9.37. The summed E-state index contributed by atoms with van der Waals surface area (Å²) in [6, 6.07) is 0.680. The molecule has 0 bridgehead atoms. The van der Waals surface area contributed by atoms with E-state index in [1.165, 1.54) is 25.8 Å². The molecule has 0 unspecified atom stereocenters. The molecule has 2 aliphatic heterocycles. The Kier molecular flexibility index (Phi) is 3.19. The molecule has 2 heterocycles. The zero-order valence-corrected chi connectivity index (χ0v) is 8.21. The van der Waals surface area contributed by atoms with Gasteiger partial charge in [-0.2, -0.15) is 0 Å². The van der Waals surface area contributed by atoms with Crippen LogP contribution in [0.25, 0.3) is 0 Å². The minimum Gasteiger partial charge on any atom is -0.392 e. The second-order valence-electron chi connectivity index (χ2n) is 4.35. The second kappa shape index (κ2) is 4.40. The van der Waals surface area contributed by atoms with Crippen LogP contribution in [-0.2, 0) is 0 Å². The molecule has 0 aromatic rings. The van der Waals surface area contributed by atoms with Gasteiger partial charge in [0.1, 0.15) is 0 Å². The average Bonchev–Trinajstić information content (AvgIpc) is 2.53. The molecule has 76 valence electrons. The van der Waals surface area contributed by atoms with Crippen LogP contribution in [0.2, 0.25) is 0 Å². The number of likely N-dealkylation sites (tertiary alicyclic amines) is 1. The van der Waals surface area contributed by atoms with Crippen LogP contribution in [-0.4, -0.2) is 48.3 Å². The lowest BCUT2D eigenvalue weighted by atomic mass is 10.0. The molecule has 0 aromatic heterocycles. The third-order valence-corrected chi connectivity index (χ3v) is 3.14. The van der Waals surface area contributed by atoms with Gasteiger partial charge in [0.05, 0.1) is 6.10 Å². The number of hydrogen-bond acceptors (Lipinski definition) is 3. The van der Waals surface area contributed by atoms with Crippen molar-refractivity contribution in [2.24, 2.45) is 0 Å². The molecule has 2 aliphatic rings. The van der Waals surface area contributed by atoms with E-state index in [0.29, 0.717) is 6.04 Å². The fraction of sp³-hybridized carbons (Fsp3) is 1.00. The molecule has 2 N–H and O–H groups in total. The number of aliphatic hydroxyl groups is 1. The summed E-state index contributed by atoms with van der Waals surface area (Å²) in [5.41, 5.74) is 0. The monoisotopic (exact) mass is 184 g/mol. The Morgan fingerprint density at radius 3 is 2.85 bits per heavy atom. The third-order valence-electron chi connectivity index (χ3n) is 3.14. The van der Waals surface area contributed by atoms with Crippen LogP contribution in [0.5, 0.6) is 0 Å². The second-order valence-corrected chi connectivity index (χ2v) is 4.35. The van der Waals surface area contributed by atoms with Crippen molar-refractivity contribution >= 4 is 0 Å². The molecule has 0 spiro atoms. The van der Waals surface area contributed by atoms with Gasteiger partial charge in [-0.3, -0.25) is 4.90 Å². The first-order valence-electron chi connectivity index (χ1n) is 5.48. The van der Waals surface area contributed by atoms with Gasteiger partial charge >= 0.3 is 0 Å². The first-order valence-corrected chi connectivity index (χ1v) is 5.48. The summed E-state index contributed by atoms with van der Waals surface area (Å²) in [4.78, 5) is 2.38.